The normalized spacial score (nSPS) is 12.0. The number of halogens is 3. The van der Waals surface area contributed by atoms with Crippen molar-refractivity contribution in [2.24, 2.45) is 0 Å². The molecule has 0 saturated heterocycles. The number of aromatic nitrogens is 2. The molecule has 0 atom stereocenters. The first-order valence-corrected chi connectivity index (χ1v) is 6.70. The van der Waals surface area contributed by atoms with Crippen molar-refractivity contribution in [2.75, 3.05) is 0 Å². The fourth-order valence-corrected chi connectivity index (χ4v) is 2.59. The van der Waals surface area contributed by atoms with Gasteiger partial charge in [0.2, 0.25) is 0 Å². The van der Waals surface area contributed by atoms with Gasteiger partial charge in [0.25, 0.3) is 0 Å². The summed E-state index contributed by atoms with van der Waals surface area (Å²) in [4.78, 5) is 14.5. The standard InChI is InChI=1S/C16H13F3N2O/c1-10-4-2-5-11(8-10)9-21-14-12(16(17,18)19)6-3-7-13(14)20-15(21)22/h2-8H,9H2,1H3,(H,20,22). The van der Waals surface area contributed by atoms with Crippen LogP contribution in [0.25, 0.3) is 11.0 Å². The summed E-state index contributed by atoms with van der Waals surface area (Å²) in [6.07, 6.45) is -4.51. The summed E-state index contributed by atoms with van der Waals surface area (Å²) in [7, 11) is 0. The molecule has 3 nitrogen and oxygen atoms in total. The molecule has 114 valence electrons. The van der Waals surface area contributed by atoms with E-state index >= 15 is 0 Å². The van der Waals surface area contributed by atoms with Crippen LogP contribution in [0.1, 0.15) is 16.7 Å². The Balaban J connectivity index is 2.21. The van der Waals surface area contributed by atoms with Crippen molar-refractivity contribution in [1.29, 1.82) is 0 Å². The topological polar surface area (TPSA) is 37.8 Å². The fourth-order valence-electron chi connectivity index (χ4n) is 2.59. The van der Waals surface area contributed by atoms with Crippen LogP contribution in [0.4, 0.5) is 13.2 Å². The van der Waals surface area contributed by atoms with Crippen LogP contribution in [0.5, 0.6) is 0 Å². The first-order chi connectivity index (χ1) is 10.4. The molecule has 0 fully saturated rings. The van der Waals surface area contributed by atoms with Crippen molar-refractivity contribution in [1.82, 2.24) is 9.55 Å². The number of fused-ring (bicyclic) bond motifs is 1. The van der Waals surface area contributed by atoms with Gasteiger partial charge >= 0.3 is 11.9 Å². The minimum absolute atomic E-state index is 0.0909. The van der Waals surface area contributed by atoms with Gasteiger partial charge < -0.3 is 4.98 Å². The first kappa shape index (κ1) is 14.4. The smallest absolute Gasteiger partial charge is 0.306 e. The van der Waals surface area contributed by atoms with Crippen LogP contribution in [-0.2, 0) is 12.7 Å². The second kappa shape index (κ2) is 5.05. The molecule has 0 bridgehead atoms. The zero-order valence-corrected chi connectivity index (χ0v) is 11.7. The third-order valence-corrected chi connectivity index (χ3v) is 3.52. The maximum Gasteiger partial charge on any atom is 0.418 e. The van der Waals surface area contributed by atoms with Gasteiger partial charge in [0.05, 0.1) is 23.1 Å². The molecule has 0 radical (unpaired) electrons. The van der Waals surface area contributed by atoms with E-state index in [9.17, 15) is 18.0 Å². The number of rotatable bonds is 2. The average molecular weight is 306 g/mol. The summed E-state index contributed by atoms with van der Waals surface area (Å²) in [6, 6.07) is 11.1. The van der Waals surface area contributed by atoms with Gasteiger partial charge in [-0.3, -0.25) is 4.57 Å². The van der Waals surface area contributed by atoms with Crippen LogP contribution in [0, 0.1) is 6.92 Å². The number of alkyl halides is 3. The summed E-state index contributed by atoms with van der Waals surface area (Å²) in [5.41, 5.74) is 0.486. The highest BCUT2D eigenvalue weighted by atomic mass is 19.4. The van der Waals surface area contributed by atoms with Gasteiger partial charge in [-0.1, -0.05) is 35.9 Å². The number of para-hydroxylation sites is 1. The summed E-state index contributed by atoms with van der Waals surface area (Å²) >= 11 is 0. The van der Waals surface area contributed by atoms with Gasteiger partial charge in [0.15, 0.2) is 0 Å². The van der Waals surface area contributed by atoms with Crippen molar-refractivity contribution in [3.63, 3.8) is 0 Å². The molecule has 0 aliphatic carbocycles. The molecule has 1 aromatic heterocycles. The van der Waals surface area contributed by atoms with Gasteiger partial charge in [-0.05, 0) is 24.6 Å². The zero-order valence-electron chi connectivity index (χ0n) is 11.7. The predicted octanol–water partition coefficient (Wildman–Crippen LogP) is 3.71. The van der Waals surface area contributed by atoms with Crippen molar-refractivity contribution < 1.29 is 13.2 Å². The van der Waals surface area contributed by atoms with E-state index in [0.29, 0.717) is 0 Å². The number of H-pyrrole nitrogens is 1. The summed E-state index contributed by atoms with van der Waals surface area (Å²) in [5.74, 6) is 0. The van der Waals surface area contributed by atoms with Gasteiger partial charge in [0, 0.05) is 0 Å². The lowest BCUT2D eigenvalue weighted by molar-refractivity contribution is -0.136. The van der Waals surface area contributed by atoms with E-state index in [-0.39, 0.29) is 17.6 Å². The molecule has 1 heterocycles. The molecular formula is C16H13F3N2O. The van der Waals surface area contributed by atoms with Gasteiger partial charge in [-0.15, -0.1) is 0 Å². The van der Waals surface area contributed by atoms with Crippen molar-refractivity contribution in [3.8, 4) is 0 Å². The van der Waals surface area contributed by atoms with E-state index in [0.717, 1.165) is 21.8 Å². The minimum Gasteiger partial charge on any atom is -0.306 e. The molecule has 6 heteroatoms. The molecule has 3 aromatic rings. The first-order valence-electron chi connectivity index (χ1n) is 6.70. The van der Waals surface area contributed by atoms with E-state index in [1.807, 2.05) is 25.1 Å². The van der Waals surface area contributed by atoms with Gasteiger partial charge in [0.1, 0.15) is 0 Å². The minimum atomic E-state index is -4.51. The summed E-state index contributed by atoms with van der Waals surface area (Å²) < 4.78 is 40.7. The van der Waals surface area contributed by atoms with E-state index in [1.165, 1.54) is 12.1 Å². The fraction of sp³-hybridized carbons (Fsp3) is 0.188. The van der Waals surface area contributed by atoms with Gasteiger partial charge in [-0.2, -0.15) is 13.2 Å². The Morgan fingerprint density at radius 3 is 2.55 bits per heavy atom. The Morgan fingerprint density at radius 2 is 1.86 bits per heavy atom. The third kappa shape index (κ3) is 2.52. The highest BCUT2D eigenvalue weighted by molar-refractivity contribution is 5.79. The second-order valence-electron chi connectivity index (χ2n) is 5.20. The second-order valence-corrected chi connectivity index (χ2v) is 5.20. The molecule has 0 aliphatic rings. The number of imidazole rings is 1. The highest BCUT2D eigenvalue weighted by Gasteiger charge is 2.34. The summed E-state index contributed by atoms with van der Waals surface area (Å²) in [5, 5.41) is 0. The van der Waals surface area contributed by atoms with Crippen LogP contribution < -0.4 is 5.69 Å². The number of nitrogens with zero attached hydrogens (tertiary/aromatic N) is 1. The van der Waals surface area contributed by atoms with Crippen LogP contribution in [0.15, 0.2) is 47.3 Å². The molecule has 3 rings (SSSR count). The van der Waals surface area contributed by atoms with Crippen LogP contribution in [0.2, 0.25) is 0 Å². The van der Waals surface area contributed by atoms with Crippen molar-refractivity contribution in [2.45, 2.75) is 19.6 Å². The number of hydrogen-bond donors (Lipinski definition) is 1. The van der Waals surface area contributed by atoms with E-state index in [1.54, 1.807) is 6.07 Å². The third-order valence-electron chi connectivity index (χ3n) is 3.52. The summed E-state index contributed by atoms with van der Waals surface area (Å²) in [6.45, 7) is 1.98. The molecule has 0 spiro atoms. The number of aryl methyl sites for hydroxylation is 1. The molecule has 2 aromatic carbocycles. The lowest BCUT2D eigenvalue weighted by Gasteiger charge is -2.11. The largest absolute Gasteiger partial charge is 0.418 e. The van der Waals surface area contributed by atoms with Gasteiger partial charge in [-0.25, -0.2) is 4.79 Å². The average Bonchev–Trinajstić information content (AvgIpc) is 2.74. The zero-order chi connectivity index (χ0) is 15.9. The lowest BCUT2D eigenvalue weighted by Crippen LogP contribution is -2.19. The number of aromatic amines is 1. The highest BCUT2D eigenvalue weighted by Crippen LogP contribution is 2.34. The number of benzene rings is 2. The van der Waals surface area contributed by atoms with Crippen molar-refractivity contribution in [3.05, 3.63) is 69.6 Å². The Labute approximate surface area is 124 Å². The Kier molecular flexibility index (Phi) is 3.31. The SMILES string of the molecule is Cc1cccc(Cn2c(=O)[nH]c3cccc(C(F)(F)F)c32)c1. The molecule has 22 heavy (non-hydrogen) atoms. The maximum absolute atomic E-state index is 13.2. The number of nitrogens with one attached hydrogen (secondary N) is 1. The van der Waals surface area contributed by atoms with Crippen molar-refractivity contribution >= 4 is 11.0 Å². The lowest BCUT2D eigenvalue weighted by atomic mass is 10.1. The molecule has 0 unspecified atom stereocenters. The Bertz CT molecular complexity index is 890. The van der Waals surface area contributed by atoms with Crippen LogP contribution in [0.3, 0.4) is 0 Å². The molecule has 1 N–H and O–H groups in total. The Hall–Kier alpha value is -2.50. The number of hydrogen-bond acceptors (Lipinski definition) is 1. The molecular weight excluding hydrogens is 293 g/mol. The quantitative estimate of drug-likeness (QED) is 0.770. The van der Waals surface area contributed by atoms with E-state index in [4.69, 9.17) is 0 Å². The molecule has 0 aliphatic heterocycles. The monoisotopic (exact) mass is 306 g/mol. The predicted molar refractivity (Wildman–Crippen MR) is 77.8 cm³/mol. The maximum atomic E-state index is 13.2. The van der Waals surface area contributed by atoms with Crippen LogP contribution in [-0.4, -0.2) is 9.55 Å². The Morgan fingerprint density at radius 1 is 1.14 bits per heavy atom. The van der Waals surface area contributed by atoms with E-state index < -0.39 is 17.4 Å². The molecule has 0 amide bonds. The molecule has 0 saturated carbocycles. The van der Waals surface area contributed by atoms with Crippen LogP contribution >= 0.6 is 0 Å². The van der Waals surface area contributed by atoms with E-state index in [2.05, 4.69) is 4.98 Å².